The van der Waals surface area contributed by atoms with Gasteiger partial charge in [-0.3, -0.25) is 9.59 Å². The zero-order valence-electron chi connectivity index (χ0n) is 19.6. The smallest absolute Gasteiger partial charge is 0.417 e. The molecule has 9 heteroatoms. The van der Waals surface area contributed by atoms with Crippen LogP contribution in [0.2, 0.25) is 0 Å². The molecule has 0 saturated carbocycles. The number of hydrogen-bond donors (Lipinski definition) is 1. The van der Waals surface area contributed by atoms with Gasteiger partial charge in [-0.15, -0.1) is 0 Å². The fourth-order valence-electron chi connectivity index (χ4n) is 4.05. The van der Waals surface area contributed by atoms with Gasteiger partial charge < -0.3 is 14.7 Å². The second kappa shape index (κ2) is 11.2. The van der Waals surface area contributed by atoms with Gasteiger partial charge in [0.2, 0.25) is 0 Å². The number of alkyl halides is 3. The minimum absolute atomic E-state index is 0.0391. The molecule has 1 heterocycles. The van der Waals surface area contributed by atoms with Crippen LogP contribution in [0.5, 0.6) is 5.75 Å². The van der Waals surface area contributed by atoms with Crippen molar-refractivity contribution in [2.24, 2.45) is 0 Å². The molecule has 0 spiro atoms. The van der Waals surface area contributed by atoms with Gasteiger partial charge >= 0.3 is 12.1 Å². The molecule has 1 aliphatic rings. The molecule has 3 rings (SSSR count). The number of carbonyl (C=O) groups excluding carboxylic acids is 1. The van der Waals surface area contributed by atoms with Crippen LogP contribution in [0.25, 0.3) is 0 Å². The van der Waals surface area contributed by atoms with Crippen molar-refractivity contribution in [3.63, 3.8) is 0 Å². The molecule has 0 aromatic heterocycles. The topological polar surface area (TPSA) is 66.8 Å². The summed E-state index contributed by atoms with van der Waals surface area (Å²) in [6.45, 7) is 4.89. The number of rotatable bonds is 9. The Hall–Kier alpha value is -3.88. The number of carboxylic acids is 1. The summed E-state index contributed by atoms with van der Waals surface area (Å²) in [5, 5.41) is 8.77. The highest BCUT2D eigenvalue weighted by molar-refractivity contribution is 6.10. The molecule has 1 amide bonds. The van der Waals surface area contributed by atoms with E-state index in [0.717, 1.165) is 17.7 Å². The maximum absolute atomic E-state index is 14.3. The monoisotopic (exact) mass is 503 g/mol. The van der Waals surface area contributed by atoms with Crippen LogP contribution in [-0.4, -0.2) is 29.7 Å². The summed E-state index contributed by atoms with van der Waals surface area (Å²) < 4.78 is 60.7. The van der Waals surface area contributed by atoms with Crippen molar-refractivity contribution < 1.29 is 37.0 Å². The van der Waals surface area contributed by atoms with Crippen molar-refractivity contribution in [2.75, 3.05) is 11.4 Å². The molecule has 36 heavy (non-hydrogen) atoms. The maximum atomic E-state index is 14.3. The zero-order valence-corrected chi connectivity index (χ0v) is 19.6. The van der Waals surface area contributed by atoms with Gasteiger partial charge in [0, 0.05) is 24.6 Å². The average molecular weight is 503 g/mol. The van der Waals surface area contributed by atoms with E-state index in [1.165, 1.54) is 30.0 Å². The summed E-state index contributed by atoms with van der Waals surface area (Å²) in [6.07, 6.45) is -1.34. The molecular formula is C27H25F4NO4. The lowest BCUT2D eigenvalue weighted by Crippen LogP contribution is -2.32. The summed E-state index contributed by atoms with van der Waals surface area (Å²) >= 11 is 0. The first-order valence-electron chi connectivity index (χ1n) is 11.2. The number of anilines is 1. The van der Waals surface area contributed by atoms with E-state index in [2.05, 4.69) is 6.58 Å². The molecule has 190 valence electrons. The van der Waals surface area contributed by atoms with Crippen LogP contribution in [0.15, 0.2) is 72.4 Å². The molecule has 1 aliphatic heterocycles. The molecule has 0 saturated heterocycles. The third kappa shape index (κ3) is 6.02. The van der Waals surface area contributed by atoms with E-state index >= 15 is 0 Å². The van der Waals surface area contributed by atoms with Crippen LogP contribution < -0.4 is 9.64 Å². The van der Waals surface area contributed by atoms with Crippen LogP contribution >= 0.6 is 0 Å². The Labute approximate surface area is 206 Å². The highest BCUT2D eigenvalue weighted by Gasteiger charge is 2.38. The minimum atomic E-state index is -4.75. The average Bonchev–Trinajstić information content (AvgIpc) is 3.25. The van der Waals surface area contributed by atoms with Gasteiger partial charge in [0.15, 0.2) is 0 Å². The summed E-state index contributed by atoms with van der Waals surface area (Å²) in [6, 6.07) is 9.35. The van der Waals surface area contributed by atoms with Gasteiger partial charge in [0.25, 0.3) is 5.91 Å². The standard InChI is InChI=1S/C27H25F4NO4/c1-3-6-21(22(4-2)27(29,30)31)26(35)32-14-13-18-7-5-8-19(25(18)32)16-36-20-11-9-17(23(28)15-20)10-12-24(33)34/h3-9,11,15H,2,10,12-14,16H2,1H3,(H,33,34)/b6-3-,22-21-. The molecule has 2 aromatic carbocycles. The lowest BCUT2D eigenvalue weighted by Gasteiger charge is -2.23. The van der Waals surface area contributed by atoms with Crippen molar-refractivity contribution in [2.45, 2.75) is 39.0 Å². The van der Waals surface area contributed by atoms with Gasteiger partial charge in [0.05, 0.1) is 16.8 Å². The van der Waals surface area contributed by atoms with E-state index in [0.29, 0.717) is 23.7 Å². The molecule has 5 nitrogen and oxygen atoms in total. The van der Waals surface area contributed by atoms with Crippen LogP contribution in [0, 0.1) is 5.82 Å². The highest BCUT2D eigenvalue weighted by Crippen LogP contribution is 2.36. The zero-order chi connectivity index (χ0) is 26.5. The Bertz CT molecular complexity index is 1230. The number of carboxylic acid groups (broad SMARTS) is 1. The molecule has 0 bridgehead atoms. The Morgan fingerprint density at radius 3 is 2.56 bits per heavy atom. The quantitative estimate of drug-likeness (QED) is 0.262. The molecule has 0 radical (unpaired) electrons. The SMILES string of the molecule is C=C/C(=C(\C=C/C)C(=O)N1CCc2cccc(COc3ccc(CCC(=O)O)c(F)c3)c21)C(F)(F)F. The number of benzene rings is 2. The second-order valence-corrected chi connectivity index (χ2v) is 8.10. The van der Waals surface area contributed by atoms with Crippen LogP contribution in [0.4, 0.5) is 23.2 Å². The van der Waals surface area contributed by atoms with Crippen molar-refractivity contribution in [3.05, 3.63) is 94.9 Å². The van der Waals surface area contributed by atoms with Crippen molar-refractivity contribution in [1.29, 1.82) is 0 Å². The van der Waals surface area contributed by atoms with Crippen molar-refractivity contribution >= 4 is 17.6 Å². The Balaban J connectivity index is 1.88. The van der Waals surface area contributed by atoms with Crippen LogP contribution in [0.3, 0.4) is 0 Å². The largest absolute Gasteiger partial charge is 0.489 e. The number of aliphatic carboxylic acids is 1. The summed E-state index contributed by atoms with van der Waals surface area (Å²) in [7, 11) is 0. The number of halogens is 4. The number of hydrogen-bond acceptors (Lipinski definition) is 3. The molecule has 0 fully saturated rings. The molecule has 0 unspecified atom stereocenters. The highest BCUT2D eigenvalue weighted by atomic mass is 19.4. The van der Waals surface area contributed by atoms with Crippen LogP contribution in [-0.2, 0) is 29.0 Å². The third-order valence-electron chi connectivity index (χ3n) is 5.71. The second-order valence-electron chi connectivity index (χ2n) is 8.10. The van der Waals surface area contributed by atoms with E-state index in [4.69, 9.17) is 9.84 Å². The van der Waals surface area contributed by atoms with Gasteiger partial charge in [-0.2, -0.15) is 13.2 Å². The summed E-state index contributed by atoms with van der Waals surface area (Å²) in [5.41, 5.74) is 0.419. The molecule has 0 aliphatic carbocycles. The number of carbonyl (C=O) groups is 2. The van der Waals surface area contributed by atoms with E-state index in [1.54, 1.807) is 18.2 Å². The summed E-state index contributed by atoms with van der Waals surface area (Å²) in [4.78, 5) is 25.3. The van der Waals surface area contributed by atoms with Crippen LogP contribution in [0.1, 0.15) is 30.0 Å². The maximum Gasteiger partial charge on any atom is 0.417 e. The predicted octanol–water partition coefficient (Wildman–Crippen LogP) is 5.93. The normalized spacial score (nSPS) is 14.0. The van der Waals surface area contributed by atoms with E-state index in [1.807, 2.05) is 0 Å². The molecular weight excluding hydrogens is 478 g/mol. The predicted molar refractivity (Wildman–Crippen MR) is 127 cm³/mol. The van der Waals surface area contributed by atoms with E-state index in [-0.39, 0.29) is 37.3 Å². The molecule has 2 aromatic rings. The number of aryl methyl sites for hydroxylation is 1. The fourth-order valence-corrected chi connectivity index (χ4v) is 4.05. The number of para-hydroxylation sites is 1. The van der Waals surface area contributed by atoms with Gasteiger partial charge in [-0.1, -0.05) is 49.1 Å². The molecule has 0 atom stereocenters. The Kier molecular flexibility index (Phi) is 8.34. The fraction of sp³-hybridized carbons (Fsp3) is 0.259. The Morgan fingerprint density at radius 1 is 1.19 bits per heavy atom. The lowest BCUT2D eigenvalue weighted by molar-refractivity contribution is -0.137. The van der Waals surface area contributed by atoms with Gasteiger partial charge in [0.1, 0.15) is 18.2 Å². The third-order valence-corrected chi connectivity index (χ3v) is 5.71. The van der Waals surface area contributed by atoms with E-state index in [9.17, 15) is 27.2 Å². The van der Waals surface area contributed by atoms with Crippen molar-refractivity contribution in [3.8, 4) is 5.75 Å². The Morgan fingerprint density at radius 2 is 1.94 bits per heavy atom. The minimum Gasteiger partial charge on any atom is -0.489 e. The van der Waals surface area contributed by atoms with Gasteiger partial charge in [-0.25, -0.2) is 4.39 Å². The number of amides is 1. The number of ether oxygens (including phenoxy) is 1. The number of allylic oxidation sites excluding steroid dienone is 3. The van der Waals surface area contributed by atoms with Gasteiger partial charge in [-0.05, 0) is 37.0 Å². The number of nitrogens with zero attached hydrogens (tertiary/aromatic N) is 1. The van der Waals surface area contributed by atoms with E-state index < -0.39 is 35.0 Å². The first-order chi connectivity index (χ1) is 17.1. The number of fused-ring (bicyclic) bond motifs is 1. The molecule has 1 N–H and O–H groups in total. The summed E-state index contributed by atoms with van der Waals surface area (Å²) in [5.74, 6) is -2.25. The first-order valence-corrected chi connectivity index (χ1v) is 11.2. The van der Waals surface area contributed by atoms with Crippen molar-refractivity contribution in [1.82, 2.24) is 0 Å². The first kappa shape index (κ1) is 26.7. The lowest BCUT2D eigenvalue weighted by atomic mass is 10.0.